The number of carbonyl (C=O) groups is 3. The first-order valence-corrected chi connectivity index (χ1v) is 9.17. The minimum absolute atomic E-state index is 0.0515. The standard InChI is InChI=1S/C21H21N3O3/c25-19(16-6-2-1-3-7-16)23-13-10-22(11-14-23)12-15-24-20(26)17-8-4-5-9-18(17)21(24)27/h1-9H,10-15H2. The molecule has 0 atom stereocenters. The monoisotopic (exact) mass is 363 g/mol. The fourth-order valence-electron chi connectivity index (χ4n) is 3.62. The summed E-state index contributed by atoms with van der Waals surface area (Å²) in [5.41, 5.74) is 1.68. The van der Waals surface area contributed by atoms with Crippen molar-refractivity contribution in [2.75, 3.05) is 39.3 Å². The Bertz CT molecular complexity index is 838. The maximum Gasteiger partial charge on any atom is 0.261 e. The van der Waals surface area contributed by atoms with Gasteiger partial charge in [0.15, 0.2) is 0 Å². The molecule has 0 bridgehead atoms. The number of hydrogen-bond acceptors (Lipinski definition) is 4. The Morgan fingerprint density at radius 2 is 1.30 bits per heavy atom. The fourth-order valence-corrected chi connectivity index (χ4v) is 3.62. The normalized spacial score (nSPS) is 17.3. The average Bonchev–Trinajstić information content (AvgIpc) is 2.97. The largest absolute Gasteiger partial charge is 0.336 e. The summed E-state index contributed by atoms with van der Waals surface area (Å²) in [4.78, 5) is 42.7. The van der Waals surface area contributed by atoms with Gasteiger partial charge in [-0.25, -0.2) is 0 Å². The minimum Gasteiger partial charge on any atom is -0.336 e. The number of rotatable bonds is 4. The summed E-state index contributed by atoms with van der Waals surface area (Å²) in [5.74, 6) is -0.377. The van der Waals surface area contributed by atoms with Crippen LogP contribution in [0.1, 0.15) is 31.1 Å². The molecule has 0 radical (unpaired) electrons. The summed E-state index contributed by atoms with van der Waals surface area (Å²) in [6.07, 6.45) is 0. The van der Waals surface area contributed by atoms with E-state index >= 15 is 0 Å². The molecule has 2 aliphatic rings. The van der Waals surface area contributed by atoms with Gasteiger partial charge in [-0.15, -0.1) is 0 Å². The zero-order valence-corrected chi connectivity index (χ0v) is 15.0. The SMILES string of the molecule is O=C(c1ccccc1)N1CCN(CCN2C(=O)c3ccccc3C2=O)CC1. The van der Waals surface area contributed by atoms with Crippen LogP contribution in [-0.2, 0) is 0 Å². The number of benzene rings is 2. The summed E-state index contributed by atoms with van der Waals surface area (Å²) in [6, 6.07) is 16.2. The molecule has 6 nitrogen and oxygen atoms in total. The highest BCUT2D eigenvalue weighted by molar-refractivity contribution is 6.21. The van der Waals surface area contributed by atoms with Crippen LogP contribution in [-0.4, -0.2) is 71.7 Å². The van der Waals surface area contributed by atoms with E-state index in [0.717, 1.165) is 13.1 Å². The quantitative estimate of drug-likeness (QED) is 0.777. The van der Waals surface area contributed by atoms with E-state index in [0.29, 0.717) is 42.9 Å². The molecule has 2 aliphatic heterocycles. The molecule has 2 heterocycles. The van der Waals surface area contributed by atoms with E-state index in [1.807, 2.05) is 35.2 Å². The smallest absolute Gasteiger partial charge is 0.261 e. The van der Waals surface area contributed by atoms with E-state index in [1.54, 1.807) is 24.3 Å². The molecule has 2 aromatic rings. The van der Waals surface area contributed by atoms with E-state index in [4.69, 9.17) is 0 Å². The molecule has 1 fully saturated rings. The molecular formula is C21H21N3O3. The van der Waals surface area contributed by atoms with Gasteiger partial charge < -0.3 is 4.90 Å². The maximum absolute atomic E-state index is 12.5. The van der Waals surface area contributed by atoms with Crippen molar-refractivity contribution in [1.29, 1.82) is 0 Å². The Morgan fingerprint density at radius 3 is 1.89 bits per heavy atom. The number of piperazine rings is 1. The second-order valence-corrected chi connectivity index (χ2v) is 6.81. The van der Waals surface area contributed by atoms with Crippen molar-refractivity contribution >= 4 is 17.7 Å². The predicted octanol–water partition coefficient (Wildman–Crippen LogP) is 1.74. The van der Waals surface area contributed by atoms with Crippen LogP contribution in [0, 0.1) is 0 Å². The highest BCUT2D eigenvalue weighted by Gasteiger charge is 2.35. The van der Waals surface area contributed by atoms with Crippen LogP contribution < -0.4 is 0 Å². The first-order valence-electron chi connectivity index (χ1n) is 9.17. The molecule has 0 spiro atoms. The Balaban J connectivity index is 1.30. The highest BCUT2D eigenvalue weighted by Crippen LogP contribution is 2.22. The van der Waals surface area contributed by atoms with Gasteiger partial charge in [-0.05, 0) is 24.3 Å². The van der Waals surface area contributed by atoms with Crippen LogP contribution in [0.5, 0.6) is 0 Å². The molecule has 0 unspecified atom stereocenters. The lowest BCUT2D eigenvalue weighted by atomic mass is 10.1. The highest BCUT2D eigenvalue weighted by atomic mass is 16.2. The zero-order chi connectivity index (χ0) is 18.8. The minimum atomic E-state index is -0.214. The van der Waals surface area contributed by atoms with Crippen molar-refractivity contribution in [2.24, 2.45) is 0 Å². The van der Waals surface area contributed by atoms with E-state index in [9.17, 15) is 14.4 Å². The Morgan fingerprint density at radius 1 is 0.741 bits per heavy atom. The van der Waals surface area contributed by atoms with E-state index in [-0.39, 0.29) is 17.7 Å². The molecule has 138 valence electrons. The molecule has 2 aromatic carbocycles. The molecule has 27 heavy (non-hydrogen) atoms. The third kappa shape index (κ3) is 3.36. The van der Waals surface area contributed by atoms with E-state index in [1.165, 1.54) is 4.90 Å². The number of fused-ring (bicyclic) bond motifs is 1. The van der Waals surface area contributed by atoms with Crippen molar-refractivity contribution in [3.05, 3.63) is 71.3 Å². The summed E-state index contributed by atoms with van der Waals surface area (Å²) >= 11 is 0. The molecule has 4 rings (SSSR count). The number of carbonyl (C=O) groups excluding carboxylic acids is 3. The van der Waals surface area contributed by atoms with Gasteiger partial charge >= 0.3 is 0 Å². The fraction of sp³-hybridized carbons (Fsp3) is 0.286. The summed E-state index contributed by atoms with van der Waals surface area (Å²) < 4.78 is 0. The molecule has 0 aromatic heterocycles. The van der Waals surface area contributed by atoms with Crippen molar-refractivity contribution in [3.8, 4) is 0 Å². The van der Waals surface area contributed by atoms with Gasteiger partial charge in [0.05, 0.1) is 11.1 Å². The van der Waals surface area contributed by atoms with Gasteiger partial charge in [-0.2, -0.15) is 0 Å². The van der Waals surface area contributed by atoms with Crippen molar-refractivity contribution < 1.29 is 14.4 Å². The van der Waals surface area contributed by atoms with Crippen LogP contribution in [0.15, 0.2) is 54.6 Å². The van der Waals surface area contributed by atoms with Gasteiger partial charge in [0.25, 0.3) is 17.7 Å². The Labute approximate surface area is 158 Å². The van der Waals surface area contributed by atoms with Crippen molar-refractivity contribution in [1.82, 2.24) is 14.7 Å². The van der Waals surface area contributed by atoms with Gasteiger partial charge in [-0.1, -0.05) is 30.3 Å². The van der Waals surface area contributed by atoms with Crippen LogP contribution in [0.2, 0.25) is 0 Å². The molecular weight excluding hydrogens is 342 g/mol. The maximum atomic E-state index is 12.5. The Kier molecular flexibility index (Phi) is 4.73. The van der Waals surface area contributed by atoms with Crippen LogP contribution in [0.3, 0.4) is 0 Å². The third-order valence-corrected chi connectivity index (χ3v) is 5.20. The average molecular weight is 363 g/mol. The first kappa shape index (κ1) is 17.4. The van der Waals surface area contributed by atoms with Gasteiger partial charge in [0.2, 0.25) is 0 Å². The Hall–Kier alpha value is -2.99. The molecule has 0 aliphatic carbocycles. The van der Waals surface area contributed by atoms with Gasteiger partial charge in [-0.3, -0.25) is 24.2 Å². The third-order valence-electron chi connectivity index (χ3n) is 5.20. The number of hydrogen-bond donors (Lipinski definition) is 0. The molecule has 1 saturated heterocycles. The van der Waals surface area contributed by atoms with Crippen LogP contribution in [0.25, 0.3) is 0 Å². The number of imide groups is 1. The molecule has 0 saturated carbocycles. The second kappa shape index (κ2) is 7.32. The molecule has 0 N–H and O–H groups in total. The predicted molar refractivity (Wildman–Crippen MR) is 101 cm³/mol. The molecule has 6 heteroatoms. The summed E-state index contributed by atoms with van der Waals surface area (Å²) in [7, 11) is 0. The first-order chi connectivity index (χ1) is 13.1. The summed E-state index contributed by atoms with van der Waals surface area (Å²) in [6.45, 7) is 3.77. The lowest BCUT2D eigenvalue weighted by molar-refractivity contribution is 0.0578. The lowest BCUT2D eigenvalue weighted by Gasteiger charge is -2.35. The molecule has 3 amide bonds. The van der Waals surface area contributed by atoms with E-state index in [2.05, 4.69) is 4.90 Å². The van der Waals surface area contributed by atoms with Gasteiger partial charge in [0.1, 0.15) is 0 Å². The second-order valence-electron chi connectivity index (χ2n) is 6.81. The zero-order valence-electron chi connectivity index (χ0n) is 15.0. The summed E-state index contributed by atoms with van der Waals surface area (Å²) in [5, 5.41) is 0. The lowest BCUT2D eigenvalue weighted by Crippen LogP contribution is -2.50. The van der Waals surface area contributed by atoms with Crippen molar-refractivity contribution in [2.45, 2.75) is 0 Å². The van der Waals surface area contributed by atoms with E-state index < -0.39 is 0 Å². The number of amides is 3. The van der Waals surface area contributed by atoms with Gasteiger partial charge in [0, 0.05) is 44.8 Å². The van der Waals surface area contributed by atoms with Crippen LogP contribution in [0.4, 0.5) is 0 Å². The number of nitrogens with zero attached hydrogens (tertiary/aromatic N) is 3. The van der Waals surface area contributed by atoms with Crippen molar-refractivity contribution in [3.63, 3.8) is 0 Å². The van der Waals surface area contributed by atoms with Crippen LogP contribution >= 0.6 is 0 Å². The topological polar surface area (TPSA) is 60.9 Å².